The van der Waals surface area contributed by atoms with Crippen molar-refractivity contribution in [2.75, 3.05) is 13.2 Å². The van der Waals surface area contributed by atoms with Gasteiger partial charge in [-0.2, -0.15) is 0 Å². The number of ether oxygens (including phenoxy) is 2. The Labute approximate surface area is 178 Å². The highest BCUT2D eigenvalue weighted by molar-refractivity contribution is 5.92. The first-order valence-electron chi connectivity index (χ1n) is 9.96. The smallest absolute Gasteiger partial charge is 0.248 e. The second-order valence-corrected chi connectivity index (χ2v) is 7.22. The summed E-state index contributed by atoms with van der Waals surface area (Å²) < 4.78 is 11.4. The highest BCUT2D eigenvalue weighted by Crippen LogP contribution is 2.37. The molecule has 1 amide bonds. The summed E-state index contributed by atoms with van der Waals surface area (Å²) in [5.74, 6) is 1.79. The molecule has 2 aromatic carbocycles. The van der Waals surface area contributed by atoms with Crippen molar-refractivity contribution in [2.45, 2.75) is 6.42 Å². The number of hydrogen-bond acceptors (Lipinski definition) is 5. The number of benzene rings is 2. The van der Waals surface area contributed by atoms with Gasteiger partial charge in [0, 0.05) is 23.7 Å². The molecule has 0 atom stereocenters. The number of rotatable bonds is 5. The molecule has 1 aliphatic heterocycles. The summed E-state index contributed by atoms with van der Waals surface area (Å²) in [7, 11) is 0. The van der Waals surface area contributed by atoms with E-state index in [2.05, 4.69) is 9.97 Å². The Balaban J connectivity index is 1.54. The SMILES string of the molecule is NC(=O)c1ccc(Cc2nc(-c3ccc4c(c3)OCCO4)c(-c3ccccn3)[nH]2)cc1. The predicted octanol–water partition coefficient (Wildman–Crippen LogP) is 3.60. The number of nitrogens with one attached hydrogen (secondary N) is 1. The zero-order chi connectivity index (χ0) is 21.2. The molecule has 0 bridgehead atoms. The van der Waals surface area contributed by atoms with Crippen LogP contribution >= 0.6 is 0 Å². The minimum Gasteiger partial charge on any atom is -0.486 e. The average Bonchev–Trinajstić information content (AvgIpc) is 3.23. The molecule has 0 saturated carbocycles. The van der Waals surface area contributed by atoms with Crippen molar-refractivity contribution in [1.82, 2.24) is 15.0 Å². The molecule has 2 aromatic heterocycles. The number of fused-ring (bicyclic) bond motifs is 1. The lowest BCUT2D eigenvalue weighted by Crippen LogP contribution is -2.15. The molecular weight excluding hydrogens is 392 g/mol. The number of hydrogen-bond donors (Lipinski definition) is 2. The van der Waals surface area contributed by atoms with Gasteiger partial charge in [0.1, 0.15) is 19.0 Å². The summed E-state index contributed by atoms with van der Waals surface area (Å²) >= 11 is 0. The van der Waals surface area contributed by atoms with Crippen LogP contribution in [0.5, 0.6) is 11.5 Å². The van der Waals surface area contributed by atoms with Gasteiger partial charge in [0.25, 0.3) is 0 Å². The third-order valence-corrected chi connectivity index (χ3v) is 5.10. The molecule has 0 fully saturated rings. The van der Waals surface area contributed by atoms with Crippen LogP contribution in [0.2, 0.25) is 0 Å². The van der Waals surface area contributed by atoms with E-state index < -0.39 is 5.91 Å². The van der Waals surface area contributed by atoms with Gasteiger partial charge < -0.3 is 20.2 Å². The minimum absolute atomic E-state index is 0.442. The number of H-pyrrole nitrogens is 1. The van der Waals surface area contributed by atoms with E-state index in [0.29, 0.717) is 30.9 Å². The van der Waals surface area contributed by atoms with Crippen LogP contribution in [-0.2, 0) is 6.42 Å². The number of carbonyl (C=O) groups is 1. The van der Waals surface area contributed by atoms with E-state index >= 15 is 0 Å². The van der Waals surface area contributed by atoms with Crippen LogP contribution in [0.15, 0.2) is 66.9 Å². The number of primary amides is 1. The van der Waals surface area contributed by atoms with Gasteiger partial charge in [0.15, 0.2) is 11.5 Å². The van der Waals surface area contributed by atoms with Crippen molar-refractivity contribution in [1.29, 1.82) is 0 Å². The van der Waals surface area contributed by atoms with Gasteiger partial charge >= 0.3 is 0 Å². The van der Waals surface area contributed by atoms with Crippen molar-refractivity contribution in [3.63, 3.8) is 0 Å². The first-order valence-corrected chi connectivity index (χ1v) is 9.96. The zero-order valence-corrected chi connectivity index (χ0v) is 16.7. The second kappa shape index (κ2) is 7.95. The van der Waals surface area contributed by atoms with Gasteiger partial charge in [-0.1, -0.05) is 18.2 Å². The van der Waals surface area contributed by atoms with Crippen molar-refractivity contribution in [3.8, 4) is 34.1 Å². The van der Waals surface area contributed by atoms with E-state index in [0.717, 1.165) is 39.8 Å². The second-order valence-electron chi connectivity index (χ2n) is 7.22. The lowest BCUT2D eigenvalue weighted by Gasteiger charge is -2.18. The first kappa shape index (κ1) is 18.9. The largest absolute Gasteiger partial charge is 0.486 e. The number of carbonyl (C=O) groups excluding carboxylic acids is 1. The van der Waals surface area contributed by atoms with Crippen LogP contribution in [0.25, 0.3) is 22.6 Å². The van der Waals surface area contributed by atoms with Crippen LogP contribution in [0.4, 0.5) is 0 Å². The number of aromatic nitrogens is 3. The fourth-order valence-electron chi connectivity index (χ4n) is 3.58. The van der Waals surface area contributed by atoms with E-state index in [1.165, 1.54) is 0 Å². The fraction of sp³-hybridized carbons (Fsp3) is 0.125. The lowest BCUT2D eigenvalue weighted by atomic mass is 10.1. The van der Waals surface area contributed by atoms with Crippen LogP contribution in [-0.4, -0.2) is 34.1 Å². The summed E-state index contributed by atoms with van der Waals surface area (Å²) in [6.45, 7) is 1.07. The molecule has 4 aromatic rings. The maximum atomic E-state index is 11.3. The van der Waals surface area contributed by atoms with Crippen molar-refractivity contribution >= 4 is 5.91 Å². The average molecular weight is 412 g/mol. The third-order valence-electron chi connectivity index (χ3n) is 5.10. The molecule has 0 unspecified atom stereocenters. The van der Waals surface area contributed by atoms with Crippen LogP contribution in [0.3, 0.4) is 0 Å². The Morgan fingerprint density at radius 3 is 2.55 bits per heavy atom. The molecule has 7 nitrogen and oxygen atoms in total. The highest BCUT2D eigenvalue weighted by atomic mass is 16.6. The van der Waals surface area contributed by atoms with Crippen LogP contribution in [0, 0.1) is 0 Å². The number of nitrogens with two attached hydrogens (primary N) is 1. The standard InChI is InChI=1S/C24H20N4O3/c25-24(29)16-6-4-15(5-7-16)13-21-27-22(23(28-21)18-3-1-2-10-26-18)17-8-9-19-20(14-17)31-12-11-30-19/h1-10,14H,11-13H2,(H2,25,29)(H,27,28). The normalized spacial score (nSPS) is 12.5. The molecule has 0 radical (unpaired) electrons. The van der Waals surface area contributed by atoms with Gasteiger partial charge in [0.2, 0.25) is 5.91 Å². The number of pyridine rings is 1. The van der Waals surface area contributed by atoms with Crippen molar-refractivity contribution < 1.29 is 14.3 Å². The Bertz CT molecular complexity index is 1230. The van der Waals surface area contributed by atoms with E-state index in [1.54, 1.807) is 18.3 Å². The summed E-state index contributed by atoms with van der Waals surface area (Å²) in [4.78, 5) is 24.1. The Kier molecular flexibility index (Phi) is 4.84. The maximum absolute atomic E-state index is 11.3. The monoisotopic (exact) mass is 412 g/mol. The van der Waals surface area contributed by atoms with Gasteiger partial charge in [0.05, 0.1) is 17.1 Å². The fourth-order valence-corrected chi connectivity index (χ4v) is 3.58. The number of imidazole rings is 1. The highest BCUT2D eigenvalue weighted by Gasteiger charge is 2.19. The quantitative estimate of drug-likeness (QED) is 0.521. The molecule has 1 aliphatic rings. The molecular formula is C24H20N4O3. The van der Waals surface area contributed by atoms with Crippen molar-refractivity contribution in [2.24, 2.45) is 5.73 Å². The molecule has 3 heterocycles. The molecule has 31 heavy (non-hydrogen) atoms. The number of nitrogens with zero attached hydrogens (tertiary/aromatic N) is 2. The molecule has 0 spiro atoms. The van der Waals surface area contributed by atoms with Gasteiger partial charge in [-0.15, -0.1) is 0 Å². The zero-order valence-electron chi connectivity index (χ0n) is 16.7. The molecule has 5 rings (SSSR count). The molecule has 154 valence electrons. The van der Waals surface area contributed by atoms with Crippen molar-refractivity contribution in [3.05, 3.63) is 83.8 Å². The topological polar surface area (TPSA) is 103 Å². The minimum atomic E-state index is -0.442. The Morgan fingerprint density at radius 1 is 1.00 bits per heavy atom. The van der Waals surface area contributed by atoms with Gasteiger partial charge in [-0.3, -0.25) is 9.78 Å². The third kappa shape index (κ3) is 3.85. The molecule has 0 saturated heterocycles. The summed E-state index contributed by atoms with van der Waals surface area (Å²) in [6.07, 6.45) is 2.33. The van der Waals surface area contributed by atoms with E-state index in [9.17, 15) is 4.79 Å². The Hall–Kier alpha value is -4.13. The summed E-state index contributed by atoms with van der Waals surface area (Å²) in [6, 6.07) is 18.8. The van der Waals surface area contributed by atoms with E-state index in [-0.39, 0.29) is 0 Å². The van der Waals surface area contributed by atoms with E-state index in [4.69, 9.17) is 20.2 Å². The van der Waals surface area contributed by atoms with Gasteiger partial charge in [-0.05, 0) is 48.0 Å². The number of amides is 1. The lowest BCUT2D eigenvalue weighted by molar-refractivity contribution is 0.100. The van der Waals surface area contributed by atoms with Crippen LogP contribution in [0.1, 0.15) is 21.7 Å². The summed E-state index contributed by atoms with van der Waals surface area (Å²) in [5.41, 5.74) is 10.2. The molecule has 7 heteroatoms. The number of aromatic amines is 1. The molecule has 3 N–H and O–H groups in total. The predicted molar refractivity (Wildman–Crippen MR) is 116 cm³/mol. The van der Waals surface area contributed by atoms with E-state index in [1.807, 2.05) is 48.5 Å². The summed E-state index contributed by atoms with van der Waals surface area (Å²) in [5, 5.41) is 0. The molecule has 0 aliphatic carbocycles. The van der Waals surface area contributed by atoms with Crippen LogP contribution < -0.4 is 15.2 Å². The first-order chi connectivity index (χ1) is 15.2. The van der Waals surface area contributed by atoms with Gasteiger partial charge in [-0.25, -0.2) is 4.98 Å². The Morgan fingerprint density at radius 2 is 1.81 bits per heavy atom. The maximum Gasteiger partial charge on any atom is 0.248 e.